The molecule has 0 aliphatic heterocycles. The number of ether oxygens (including phenoxy) is 1. The van der Waals surface area contributed by atoms with Crippen LogP contribution in [0.3, 0.4) is 0 Å². The van der Waals surface area contributed by atoms with Gasteiger partial charge >= 0.3 is 5.97 Å². The lowest BCUT2D eigenvalue weighted by Crippen LogP contribution is -2.27. The van der Waals surface area contributed by atoms with Gasteiger partial charge in [0, 0.05) is 6.20 Å². The van der Waals surface area contributed by atoms with Gasteiger partial charge in [0.15, 0.2) is 11.6 Å². The summed E-state index contributed by atoms with van der Waals surface area (Å²) in [7, 11) is 0. The van der Waals surface area contributed by atoms with Gasteiger partial charge in [0.2, 0.25) is 0 Å². The molecule has 1 N–H and O–H groups in total. The molecule has 20 heavy (non-hydrogen) atoms. The van der Waals surface area contributed by atoms with E-state index in [0.29, 0.717) is 5.69 Å². The number of hydrogen-bond donors (Lipinski definition) is 1. The zero-order valence-electron chi connectivity index (χ0n) is 11.1. The molecule has 2 aromatic rings. The quantitative estimate of drug-likeness (QED) is 0.930. The van der Waals surface area contributed by atoms with Crippen molar-refractivity contribution in [2.24, 2.45) is 0 Å². The molecule has 1 aromatic carbocycles. The maximum atomic E-state index is 13.8. The van der Waals surface area contributed by atoms with Gasteiger partial charge in [0.05, 0.1) is 11.3 Å². The first-order valence-corrected chi connectivity index (χ1v) is 6.03. The van der Waals surface area contributed by atoms with Gasteiger partial charge in [-0.1, -0.05) is 6.07 Å². The minimum atomic E-state index is -1.18. The summed E-state index contributed by atoms with van der Waals surface area (Å²) in [6.07, 6.45) is 1.63. The Morgan fingerprint density at radius 1 is 1.30 bits per heavy atom. The van der Waals surface area contributed by atoms with Crippen molar-refractivity contribution in [2.75, 3.05) is 0 Å². The summed E-state index contributed by atoms with van der Waals surface area (Å²) in [5.74, 6) is -1.90. The molecule has 0 aliphatic carbocycles. The topological polar surface area (TPSA) is 59.4 Å². The van der Waals surface area contributed by atoms with Gasteiger partial charge in [-0.2, -0.15) is 0 Å². The van der Waals surface area contributed by atoms with E-state index in [0.717, 1.165) is 6.07 Å². The molecule has 4 nitrogen and oxygen atoms in total. The van der Waals surface area contributed by atoms with E-state index >= 15 is 0 Å². The number of aromatic nitrogens is 1. The smallest absolute Gasteiger partial charge is 0.335 e. The first kappa shape index (κ1) is 14.0. The second kappa shape index (κ2) is 5.28. The van der Waals surface area contributed by atoms with Crippen LogP contribution in [-0.2, 0) is 5.60 Å². The van der Waals surface area contributed by atoms with E-state index in [2.05, 4.69) is 4.98 Å². The van der Waals surface area contributed by atoms with E-state index in [-0.39, 0.29) is 11.3 Å². The van der Waals surface area contributed by atoms with Crippen molar-refractivity contribution in [1.29, 1.82) is 0 Å². The standard InChI is InChI=1S/C15H14FNO3/c1-15(2,13-5-3-4-8-17-13)20-12-7-6-10(14(18)19)9-11(12)16/h3-9H,1-2H3,(H,18,19). The van der Waals surface area contributed by atoms with Crippen LogP contribution in [0.5, 0.6) is 5.75 Å². The highest BCUT2D eigenvalue weighted by molar-refractivity contribution is 5.87. The maximum absolute atomic E-state index is 13.8. The van der Waals surface area contributed by atoms with Crippen molar-refractivity contribution >= 4 is 5.97 Å². The van der Waals surface area contributed by atoms with Crippen molar-refractivity contribution in [2.45, 2.75) is 19.4 Å². The number of benzene rings is 1. The van der Waals surface area contributed by atoms with E-state index < -0.39 is 17.4 Å². The van der Waals surface area contributed by atoms with E-state index in [1.807, 2.05) is 6.07 Å². The Balaban J connectivity index is 2.28. The van der Waals surface area contributed by atoms with E-state index in [1.165, 1.54) is 12.1 Å². The average Bonchev–Trinajstić information content (AvgIpc) is 2.41. The summed E-state index contributed by atoms with van der Waals surface area (Å²) in [6, 6.07) is 8.92. The van der Waals surface area contributed by atoms with E-state index in [4.69, 9.17) is 9.84 Å². The summed E-state index contributed by atoms with van der Waals surface area (Å²) in [5.41, 5.74) is -0.292. The fourth-order valence-electron chi connectivity index (χ4n) is 1.76. The summed E-state index contributed by atoms with van der Waals surface area (Å²) >= 11 is 0. The molecular formula is C15H14FNO3. The Morgan fingerprint density at radius 2 is 2.05 bits per heavy atom. The van der Waals surface area contributed by atoms with Gasteiger partial charge in [-0.05, 0) is 44.2 Å². The highest BCUT2D eigenvalue weighted by Gasteiger charge is 2.25. The van der Waals surface area contributed by atoms with Gasteiger partial charge in [-0.3, -0.25) is 4.98 Å². The average molecular weight is 275 g/mol. The zero-order valence-corrected chi connectivity index (χ0v) is 11.1. The lowest BCUT2D eigenvalue weighted by atomic mass is 10.0. The monoisotopic (exact) mass is 275 g/mol. The first-order chi connectivity index (χ1) is 9.40. The molecule has 0 bridgehead atoms. The predicted molar refractivity (Wildman–Crippen MR) is 71.3 cm³/mol. The molecule has 0 unspecified atom stereocenters. The van der Waals surface area contributed by atoms with Crippen molar-refractivity contribution in [3.8, 4) is 5.75 Å². The fourth-order valence-corrected chi connectivity index (χ4v) is 1.76. The Morgan fingerprint density at radius 3 is 2.60 bits per heavy atom. The molecule has 5 heteroatoms. The summed E-state index contributed by atoms with van der Waals surface area (Å²) in [5, 5.41) is 8.79. The molecule has 0 saturated carbocycles. The minimum absolute atomic E-state index is 0.00865. The predicted octanol–water partition coefficient (Wildman–Crippen LogP) is 3.23. The van der Waals surface area contributed by atoms with Crippen molar-refractivity contribution in [3.05, 3.63) is 59.7 Å². The van der Waals surface area contributed by atoms with Crippen LogP contribution in [0.4, 0.5) is 4.39 Å². The zero-order chi connectivity index (χ0) is 14.8. The second-order valence-electron chi connectivity index (χ2n) is 4.78. The van der Waals surface area contributed by atoms with Crippen LogP contribution in [-0.4, -0.2) is 16.1 Å². The fraction of sp³-hybridized carbons (Fsp3) is 0.200. The van der Waals surface area contributed by atoms with Gasteiger partial charge in [-0.15, -0.1) is 0 Å². The van der Waals surface area contributed by atoms with Crippen molar-refractivity contribution < 1.29 is 19.0 Å². The van der Waals surface area contributed by atoms with E-state index in [9.17, 15) is 9.18 Å². The molecule has 0 fully saturated rings. The molecule has 104 valence electrons. The third kappa shape index (κ3) is 2.93. The Bertz CT molecular complexity index is 626. The van der Waals surface area contributed by atoms with Crippen LogP contribution < -0.4 is 4.74 Å². The van der Waals surface area contributed by atoms with Gasteiger partial charge in [-0.25, -0.2) is 9.18 Å². The summed E-state index contributed by atoms with van der Waals surface area (Å²) in [6.45, 7) is 3.53. The number of nitrogens with zero attached hydrogens (tertiary/aromatic N) is 1. The highest BCUT2D eigenvalue weighted by atomic mass is 19.1. The number of carboxylic acids is 1. The molecule has 0 atom stereocenters. The lowest BCUT2D eigenvalue weighted by molar-refractivity contribution is 0.0695. The maximum Gasteiger partial charge on any atom is 0.335 e. The number of pyridine rings is 1. The summed E-state index contributed by atoms with van der Waals surface area (Å²) in [4.78, 5) is 14.9. The molecule has 1 heterocycles. The number of rotatable bonds is 4. The van der Waals surface area contributed by atoms with Crippen LogP contribution in [0.2, 0.25) is 0 Å². The number of carbonyl (C=O) groups is 1. The van der Waals surface area contributed by atoms with Crippen LogP contribution in [0.1, 0.15) is 29.9 Å². The number of halogens is 1. The minimum Gasteiger partial charge on any atom is -0.478 e. The largest absolute Gasteiger partial charge is 0.478 e. The Kier molecular flexibility index (Phi) is 3.70. The summed E-state index contributed by atoms with van der Waals surface area (Å²) < 4.78 is 19.5. The molecule has 0 saturated heterocycles. The normalized spacial score (nSPS) is 11.2. The van der Waals surface area contributed by atoms with Gasteiger partial charge in [0.25, 0.3) is 0 Å². The second-order valence-corrected chi connectivity index (χ2v) is 4.78. The Hall–Kier alpha value is -2.43. The molecular weight excluding hydrogens is 261 g/mol. The Labute approximate surface area is 115 Å². The van der Waals surface area contributed by atoms with E-state index in [1.54, 1.807) is 32.2 Å². The van der Waals surface area contributed by atoms with Crippen LogP contribution in [0.15, 0.2) is 42.6 Å². The number of carboxylic acid groups (broad SMARTS) is 1. The molecule has 2 rings (SSSR count). The van der Waals surface area contributed by atoms with Crippen LogP contribution in [0.25, 0.3) is 0 Å². The van der Waals surface area contributed by atoms with Gasteiger partial charge in [0.1, 0.15) is 5.60 Å². The van der Waals surface area contributed by atoms with Crippen molar-refractivity contribution in [1.82, 2.24) is 4.98 Å². The van der Waals surface area contributed by atoms with Crippen molar-refractivity contribution in [3.63, 3.8) is 0 Å². The number of aromatic carboxylic acids is 1. The molecule has 0 amide bonds. The third-order valence-corrected chi connectivity index (χ3v) is 2.83. The van der Waals surface area contributed by atoms with Gasteiger partial charge < -0.3 is 9.84 Å². The molecule has 0 radical (unpaired) electrons. The van der Waals surface area contributed by atoms with Crippen LogP contribution in [0, 0.1) is 5.82 Å². The SMILES string of the molecule is CC(C)(Oc1ccc(C(=O)O)cc1F)c1ccccn1. The van der Waals surface area contributed by atoms with Crippen LogP contribution >= 0.6 is 0 Å². The lowest BCUT2D eigenvalue weighted by Gasteiger charge is -2.26. The third-order valence-electron chi connectivity index (χ3n) is 2.83. The molecule has 0 spiro atoms. The molecule has 0 aliphatic rings. The molecule has 1 aromatic heterocycles. The highest BCUT2D eigenvalue weighted by Crippen LogP contribution is 2.28. The number of hydrogen-bond acceptors (Lipinski definition) is 3. The first-order valence-electron chi connectivity index (χ1n) is 6.03.